The number of Topliss-reactive ketones (excluding diaryl/α,β-unsaturated/α-hetero) is 2. The fourth-order valence-corrected chi connectivity index (χ4v) is 3.77. The lowest BCUT2D eigenvalue weighted by Gasteiger charge is -2.21. The standard InChI is InChI=1S/C24H35NO3/c1-4-5-6-7-8-9-10-11-12-13-17-25-22-18(2)23(26)19-15-14-16-20(28-3)21(19)24(22)27/h14-16,25H,4-13,17H2,1-3H3. The molecule has 1 aromatic rings. The lowest BCUT2D eigenvalue weighted by atomic mass is 9.87. The molecule has 1 N–H and O–H groups in total. The van der Waals surface area contributed by atoms with Gasteiger partial charge in [0.25, 0.3) is 0 Å². The van der Waals surface area contributed by atoms with Crippen molar-refractivity contribution in [3.05, 3.63) is 40.6 Å². The third-order valence-electron chi connectivity index (χ3n) is 5.49. The van der Waals surface area contributed by atoms with Crippen molar-refractivity contribution in [1.82, 2.24) is 5.32 Å². The second-order valence-electron chi connectivity index (χ2n) is 7.65. The maximum Gasteiger partial charge on any atom is 0.213 e. The van der Waals surface area contributed by atoms with E-state index in [1.165, 1.54) is 58.5 Å². The van der Waals surface area contributed by atoms with E-state index in [4.69, 9.17) is 4.74 Å². The van der Waals surface area contributed by atoms with Crippen LogP contribution in [-0.2, 0) is 0 Å². The number of nitrogens with one attached hydrogen (secondary N) is 1. The third kappa shape index (κ3) is 5.70. The first kappa shape index (κ1) is 22.2. The second-order valence-corrected chi connectivity index (χ2v) is 7.65. The van der Waals surface area contributed by atoms with E-state index in [0.29, 0.717) is 34.7 Å². The molecule has 1 aliphatic rings. The normalized spacial score (nSPS) is 13.7. The van der Waals surface area contributed by atoms with E-state index in [0.717, 1.165) is 12.8 Å². The lowest BCUT2D eigenvalue weighted by Crippen LogP contribution is -2.30. The zero-order valence-electron chi connectivity index (χ0n) is 17.7. The summed E-state index contributed by atoms with van der Waals surface area (Å²) in [6.07, 6.45) is 12.7. The van der Waals surface area contributed by atoms with Crippen molar-refractivity contribution in [3.63, 3.8) is 0 Å². The minimum atomic E-state index is -0.142. The van der Waals surface area contributed by atoms with Crippen molar-refractivity contribution in [2.75, 3.05) is 13.7 Å². The van der Waals surface area contributed by atoms with Crippen LogP contribution in [0.3, 0.4) is 0 Å². The molecule has 0 radical (unpaired) electrons. The predicted octanol–water partition coefficient (Wildman–Crippen LogP) is 5.86. The molecule has 4 heteroatoms. The summed E-state index contributed by atoms with van der Waals surface area (Å²) in [5, 5.41) is 3.22. The van der Waals surface area contributed by atoms with Crippen LogP contribution in [0.2, 0.25) is 0 Å². The Bertz CT molecular complexity index is 706. The summed E-state index contributed by atoms with van der Waals surface area (Å²) < 4.78 is 5.30. The molecule has 0 spiro atoms. The fourth-order valence-electron chi connectivity index (χ4n) is 3.77. The molecule has 0 amide bonds. The first-order chi connectivity index (χ1) is 13.6. The fraction of sp³-hybridized carbons (Fsp3) is 0.583. The van der Waals surface area contributed by atoms with E-state index in [9.17, 15) is 9.59 Å². The Balaban J connectivity index is 1.76. The Morgan fingerprint density at radius 1 is 0.857 bits per heavy atom. The van der Waals surface area contributed by atoms with Gasteiger partial charge in [-0.15, -0.1) is 0 Å². The Kier molecular flexibility index (Phi) is 9.26. The third-order valence-corrected chi connectivity index (χ3v) is 5.49. The van der Waals surface area contributed by atoms with Crippen LogP contribution in [0, 0.1) is 0 Å². The van der Waals surface area contributed by atoms with Crippen LogP contribution in [0.5, 0.6) is 5.75 Å². The molecular weight excluding hydrogens is 350 g/mol. The number of rotatable bonds is 13. The van der Waals surface area contributed by atoms with Crippen molar-refractivity contribution in [3.8, 4) is 5.75 Å². The van der Waals surface area contributed by atoms with Crippen LogP contribution in [0.15, 0.2) is 29.5 Å². The quantitative estimate of drug-likeness (QED) is 0.432. The number of carbonyl (C=O) groups excluding carboxylic acids is 2. The number of benzene rings is 1. The summed E-state index contributed by atoms with van der Waals surface area (Å²) in [4.78, 5) is 25.5. The smallest absolute Gasteiger partial charge is 0.213 e. The van der Waals surface area contributed by atoms with Crippen molar-refractivity contribution in [2.45, 2.75) is 78.1 Å². The van der Waals surface area contributed by atoms with E-state index in [1.807, 2.05) is 0 Å². The summed E-state index contributed by atoms with van der Waals surface area (Å²) >= 11 is 0. The zero-order chi connectivity index (χ0) is 20.4. The van der Waals surface area contributed by atoms with Gasteiger partial charge in [-0.3, -0.25) is 9.59 Å². The van der Waals surface area contributed by atoms with Crippen molar-refractivity contribution >= 4 is 11.6 Å². The van der Waals surface area contributed by atoms with Gasteiger partial charge in [0.05, 0.1) is 18.4 Å². The van der Waals surface area contributed by atoms with Gasteiger partial charge in [-0.2, -0.15) is 0 Å². The molecule has 0 heterocycles. The molecule has 0 aliphatic heterocycles. The number of hydrogen-bond donors (Lipinski definition) is 1. The van der Waals surface area contributed by atoms with Crippen molar-refractivity contribution < 1.29 is 14.3 Å². The molecule has 0 saturated heterocycles. The highest BCUT2D eigenvalue weighted by molar-refractivity contribution is 6.27. The minimum absolute atomic E-state index is 0.0981. The van der Waals surface area contributed by atoms with Gasteiger partial charge in [-0.05, 0) is 19.4 Å². The highest BCUT2D eigenvalue weighted by atomic mass is 16.5. The molecule has 4 nitrogen and oxygen atoms in total. The van der Waals surface area contributed by atoms with E-state index < -0.39 is 0 Å². The van der Waals surface area contributed by atoms with Gasteiger partial charge in [-0.25, -0.2) is 0 Å². The molecule has 154 valence electrons. The van der Waals surface area contributed by atoms with Crippen LogP contribution in [0.1, 0.15) is 98.8 Å². The molecule has 0 saturated carbocycles. The summed E-state index contributed by atoms with van der Waals surface area (Å²) in [7, 11) is 1.52. The number of methoxy groups -OCH3 is 1. The molecule has 28 heavy (non-hydrogen) atoms. The Morgan fingerprint density at radius 2 is 1.46 bits per heavy atom. The summed E-state index contributed by atoms with van der Waals surface area (Å²) in [6, 6.07) is 5.17. The van der Waals surface area contributed by atoms with Gasteiger partial charge in [0.15, 0.2) is 5.78 Å². The van der Waals surface area contributed by atoms with E-state index >= 15 is 0 Å². The largest absolute Gasteiger partial charge is 0.496 e. The van der Waals surface area contributed by atoms with Crippen LogP contribution in [0.4, 0.5) is 0 Å². The van der Waals surface area contributed by atoms with E-state index in [1.54, 1.807) is 25.1 Å². The van der Waals surface area contributed by atoms with Gasteiger partial charge >= 0.3 is 0 Å². The number of fused-ring (bicyclic) bond motifs is 1. The molecule has 1 aromatic carbocycles. The zero-order valence-corrected chi connectivity index (χ0v) is 17.7. The van der Waals surface area contributed by atoms with Gasteiger partial charge in [0, 0.05) is 17.7 Å². The summed E-state index contributed by atoms with van der Waals surface area (Å²) in [5.41, 5.74) is 1.74. The average molecular weight is 386 g/mol. The number of unbranched alkanes of at least 4 members (excludes halogenated alkanes) is 9. The van der Waals surface area contributed by atoms with Crippen LogP contribution in [0.25, 0.3) is 0 Å². The number of hydrogen-bond acceptors (Lipinski definition) is 4. The molecular formula is C24H35NO3. The van der Waals surface area contributed by atoms with Gasteiger partial charge in [0.2, 0.25) is 5.78 Å². The number of ether oxygens (including phenoxy) is 1. The Labute approximate surface area is 169 Å². The minimum Gasteiger partial charge on any atom is -0.496 e. The SMILES string of the molecule is CCCCCCCCCCCCNC1=C(C)C(=O)c2cccc(OC)c2C1=O. The van der Waals surface area contributed by atoms with Crippen molar-refractivity contribution in [1.29, 1.82) is 0 Å². The Morgan fingerprint density at radius 3 is 2.07 bits per heavy atom. The monoisotopic (exact) mass is 385 g/mol. The maximum atomic E-state index is 12.9. The first-order valence-electron chi connectivity index (χ1n) is 10.8. The van der Waals surface area contributed by atoms with Crippen LogP contribution >= 0.6 is 0 Å². The second kappa shape index (κ2) is 11.7. The Hall–Kier alpha value is -2.10. The van der Waals surface area contributed by atoms with Crippen LogP contribution < -0.4 is 10.1 Å². The molecule has 0 unspecified atom stereocenters. The number of allylic oxidation sites excluding steroid dienone is 2. The van der Waals surface area contributed by atoms with E-state index in [2.05, 4.69) is 12.2 Å². The molecule has 0 aromatic heterocycles. The maximum absolute atomic E-state index is 12.9. The highest BCUT2D eigenvalue weighted by Crippen LogP contribution is 2.31. The first-order valence-corrected chi connectivity index (χ1v) is 10.8. The lowest BCUT2D eigenvalue weighted by molar-refractivity contribution is 0.0966. The van der Waals surface area contributed by atoms with E-state index in [-0.39, 0.29) is 11.6 Å². The van der Waals surface area contributed by atoms with Gasteiger partial charge in [-0.1, -0.05) is 76.8 Å². The molecule has 1 aliphatic carbocycles. The van der Waals surface area contributed by atoms with Gasteiger partial charge in [0.1, 0.15) is 5.75 Å². The number of carbonyl (C=O) groups is 2. The average Bonchev–Trinajstić information content (AvgIpc) is 2.71. The summed E-state index contributed by atoms with van der Waals surface area (Å²) in [5.74, 6) is 0.220. The molecule has 0 fully saturated rings. The van der Waals surface area contributed by atoms with Crippen molar-refractivity contribution in [2.24, 2.45) is 0 Å². The van der Waals surface area contributed by atoms with Gasteiger partial charge < -0.3 is 10.1 Å². The topological polar surface area (TPSA) is 55.4 Å². The number of ketones is 2. The molecule has 0 bridgehead atoms. The van der Waals surface area contributed by atoms with Crippen LogP contribution in [-0.4, -0.2) is 25.2 Å². The summed E-state index contributed by atoms with van der Waals surface area (Å²) in [6.45, 7) is 4.69. The molecule has 2 rings (SSSR count). The molecule has 0 atom stereocenters. The highest BCUT2D eigenvalue weighted by Gasteiger charge is 2.32. The predicted molar refractivity (Wildman–Crippen MR) is 114 cm³/mol.